The molecule has 0 aliphatic heterocycles. The fourth-order valence-electron chi connectivity index (χ4n) is 2.44. The summed E-state index contributed by atoms with van der Waals surface area (Å²) < 4.78 is 12.1. The zero-order chi connectivity index (χ0) is 19.4. The third-order valence-electron chi connectivity index (χ3n) is 3.85. The molecule has 0 unspecified atom stereocenters. The van der Waals surface area contributed by atoms with Gasteiger partial charge in [-0.2, -0.15) is 0 Å². The minimum absolute atomic E-state index is 0.0192. The maximum Gasteiger partial charge on any atom is 0.309 e. The van der Waals surface area contributed by atoms with Crippen LogP contribution in [0.5, 0.6) is 5.75 Å². The van der Waals surface area contributed by atoms with Gasteiger partial charge in [0.05, 0.1) is 18.7 Å². The Morgan fingerprint density at radius 3 is 2.67 bits per heavy atom. The van der Waals surface area contributed by atoms with Crippen molar-refractivity contribution in [3.05, 3.63) is 63.0 Å². The second-order valence-electron chi connectivity index (χ2n) is 5.92. The average molecular weight is 386 g/mol. The van der Waals surface area contributed by atoms with Crippen LogP contribution in [0.4, 0.5) is 0 Å². The highest BCUT2D eigenvalue weighted by Crippen LogP contribution is 2.14. The van der Waals surface area contributed by atoms with Crippen LogP contribution < -0.4 is 10.3 Å². The molecule has 0 aliphatic carbocycles. The summed E-state index contributed by atoms with van der Waals surface area (Å²) in [6, 6.07) is 8.06. The normalized spacial score (nSPS) is 10.7. The first-order valence-electron chi connectivity index (χ1n) is 8.30. The highest BCUT2D eigenvalue weighted by Gasteiger charge is 2.09. The van der Waals surface area contributed by atoms with Gasteiger partial charge in [-0.15, -0.1) is 11.3 Å². The molecule has 0 radical (unpaired) electrons. The third kappa shape index (κ3) is 4.59. The van der Waals surface area contributed by atoms with Crippen LogP contribution in [-0.4, -0.2) is 27.7 Å². The Morgan fingerprint density at radius 1 is 1.22 bits per heavy atom. The van der Waals surface area contributed by atoms with Gasteiger partial charge in [0.2, 0.25) is 0 Å². The number of rotatable bonds is 7. The molecule has 8 heteroatoms. The average Bonchev–Trinajstić information content (AvgIpc) is 3.02. The van der Waals surface area contributed by atoms with Gasteiger partial charge in [0.15, 0.2) is 10.7 Å². The number of aromatic nitrogens is 2. The molecule has 3 rings (SSSR count). The molecule has 0 bridgehead atoms. The first-order chi connectivity index (χ1) is 12.9. The van der Waals surface area contributed by atoms with E-state index in [1.807, 2.05) is 12.3 Å². The van der Waals surface area contributed by atoms with Crippen LogP contribution in [0.3, 0.4) is 0 Å². The molecule has 0 fully saturated rings. The van der Waals surface area contributed by atoms with Crippen molar-refractivity contribution in [1.82, 2.24) is 9.38 Å². The van der Waals surface area contributed by atoms with Crippen LogP contribution in [0.25, 0.3) is 4.96 Å². The number of Topliss-reactive ketones (excluding diaryl/α,β-unsaturated/α-hetero) is 1. The molecule has 7 nitrogen and oxygen atoms in total. The van der Waals surface area contributed by atoms with E-state index in [0.717, 1.165) is 5.69 Å². The quantitative estimate of drug-likeness (QED) is 0.458. The number of aryl methyl sites for hydroxylation is 1. The highest BCUT2D eigenvalue weighted by atomic mass is 32.1. The lowest BCUT2D eigenvalue weighted by Gasteiger charge is -2.07. The fraction of sp³-hybridized carbons (Fsp3) is 0.263. The number of carbonyl (C=O) groups is 2. The Bertz CT molecular complexity index is 1040. The summed E-state index contributed by atoms with van der Waals surface area (Å²) in [5.74, 6) is 0.106. The van der Waals surface area contributed by atoms with E-state index < -0.39 is 5.97 Å². The van der Waals surface area contributed by atoms with Gasteiger partial charge in [-0.05, 0) is 38.1 Å². The number of hydrogen-bond acceptors (Lipinski definition) is 7. The number of thiazole rings is 1. The molecule has 2 heterocycles. The third-order valence-corrected chi connectivity index (χ3v) is 4.79. The van der Waals surface area contributed by atoms with Gasteiger partial charge in [0.25, 0.3) is 5.56 Å². The molecular formula is C19H18N2O5S. The Kier molecular flexibility index (Phi) is 5.66. The SMILES string of the molecule is CC(=O)c1ccc(OCCC(=O)OCc2cc(=O)n3c(C)csc3n2)cc1. The predicted octanol–water partition coefficient (Wildman–Crippen LogP) is 2.78. The zero-order valence-corrected chi connectivity index (χ0v) is 15.7. The summed E-state index contributed by atoms with van der Waals surface area (Å²) in [4.78, 5) is 40.0. The zero-order valence-electron chi connectivity index (χ0n) is 14.9. The number of carbonyl (C=O) groups excluding carboxylic acids is 2. The summed E-state index contributed by atoms with van der Waals surface area (Å²) in [7, 11) is 0. The molecule has 0 amide bonds. The molecular weight excluding hydrogens is 368 g/mol. The van der Waals surface area contributed by atoms with E-state index in [-0.39, 0.29) is 31.0 Å². The number of nitrogens with zero attached hydrogens (tertiary/aromatic N) is 2. The van der Waals surface area contributed by atoms with Crippen LogP contribution in [0.15, 0.2) is 40.5 Å². The van der Waals surface area contributed by atoms with Crippen molar-refractivity contribution in [1.29, 1.82) is 0 Å². The lowest BCUT2D eigenvalue weighted by molar-refractivity contribution is -0.145. The van der Waals surface area contributed by atoms with Gasteiger partial charge in [0, 0.05) is 22.7 Å². The van der Waals surface area contributed by atoms with E-state index in [0.29, 0.717) is 22.0 Å². The summed E-state index contributed by atoms with van der Waals surface area (Å²) in [5, 5.41) is 1.85. The Hall–Kier alpha value is -3.00. The summed E-state index contributed by atoms with van der Waals surface area (Å²) >= 11 is 1.36. The van der Waals surface area contributed by atoms with Gasteiger partial charge in [0.1, 0.15) is 12.4 Å². The largest absolute Gasteiger partial charge is 0.493 e. The number of ether oxygens (including phenoxy) is 2. The Labute approximate surface area is 159 Å². The van der Waals surface area contributed by atoms with E-state index in [9.17, 15) is 14.4 Å². The standard InChI is InChI=1S/C19H18N2O5S/c1-12-11-27-19-20-15(9-17(23)21(12)19)10-26-18(24)7-8-25-16-5-3-14(4-6-16)13(2)22/h3-6,9,11H,7-8,10H2,1-2H3. The molecule has 27 heavy (non-hydrogen) atoms. The molecule has 0 aliphatic rings. The Balaban J connectivity index is 1.48. The number of benzene rings is 1. The summed E-state index contributed by atoms with van der Waals surface area (Å²) in [5.41, 5.74) is 1.64. The van der Waals surface area contributed by atoms with E-state index in [1.165, 1.54) is 28.7 Å². The minimum Gasteiger partial charge on any atom is -0.493 e. The first kappa shape index (κ1) is 18.8. The number of fused-ring (bicyclic) bond motifs is 1. The molecule has 2 aromatic heterocycles. The Morgan fingerprint density at radius 2 is 1.96 bits per heavy atom. The topological polar surface area (TPSA) is 87.0 Å². The van der Waals surface area contributed by atoms with Crippen molar-refractivity contribution in [3.63, 3.8) is 0 Å². The van der Waals surface area contributed by atoms with E-state index in [4.69, 9.17) is 9.47 Å². The van der Waals surface area contributed by atoms with Crippen molar-refractivity contribution in [3.8, 4) is 5.75 Å². The maximum atomic E-state index is 12.1. The van der Waals surface area contributed by atoms with Gasteiger partial charge >= 0.3 is 5.97 Å². The van der Waals surface area contributed by atoms with Gasteiger partial charge in [-0.25, -0.2) is 4.98 Å². The predicted molar refractivity (Wildman–Crippen MR) is 100 cm³/mol. The number of hydrogen-bond donors (Lipinski definition) is 0. The molecule has 0 saturated heterocycles. The molecule has 3 aromatic rings. The lowest BCUT2D eigenvalue weighted by Crippen LogP contribution is -2.16. The van der Waals surface area contributed by atoms with Crippen LogP contribution in [0, 0.1) is 6.92 Å². The first-order valence-corrected chi connectivity index (χ1v) is 9.18. The van der Waals surface area contributed by atoms with E-state index in [2.05, 4.69) is 4.98 Å². The van der Waals surface area contributed by atoms with Gasteiger partial charge in [-0.3, -0.25) is 18.8 Å². The van der Waals surface area contributed by atoms with Crippen molar-refractivity contribution in [2.45, 2.75) is 26.9 Å². The maximum absolute atomic E-state index is 12.1. The molecule has 1 aromatic carbocycles. The van der Waals surface area contributed by atoms with Gasteiger partial charge < -0.3 is 9.47 Å². The van der Waals surface area contributed by atoms with Crippen molar-refractivity contribution < 1.29 is 19.1 Å². The van der Waals surface area contributed by atoms with E-state index in [1.54, 1.807) is 24.3 Å². The molecule has 0 N–H and O–H groups in total. The van der Waals surface area contributed by atoms with Crippen LogP contribution in [0.1, 0.15) is 35.1 Å². The highest BCUT2D eigenvalue weighted by molar-refractivity contribution is 7.15. The molecule has 140 valence electrons. The monoisotopic (exact) mass is 386 g/mol. The van der Waals surface area contributed by atoms with Crippen LogP contribution >= 0.6 is 11.3 Å². The second kappa shape index (κ2) is 8.13. The second-order valence-corrected chi connectivity index (χ2v) is 6.76. The molecule has 0 spiro atoms. The van der Waals surface area contributed by atoms with Crippen LogP contribution in [0.2, 0.25) is 0 Å². The van der Waals surface area contributed by atoms with Crippen molar-refractivity contribution >= 4 is 28.1 Å². The number of esters is 1. The van der Waals surface area contributed by atoms with Crippen molar-refractivity contribution in [2.24, 2.45) is 0 Å². The molecule has 0 atom stereocenters. The van der Waals surface area contributed by atoms with E-state index >= 15 is 0 Å². The lowest BCUT2D eigenvalue weighted by atomic mass is 10.1. The summed E-state index contributed by atoms with van der Waals surface area (Å²) in [6.07, 6.45) is 0.0633. The van der Waals surface area contributed by atoms with Gasteiger partial charge in [-0.1, -0.05) is 0 Å². The summed E-state index contributed by atoms with van der Waals surface area (Å²) in [6.45, 7) is 3.42. The van der Waals surface area contributed by atoms with Crippen molar-refractivity contribution in [2.75, 3.05) is 6.61 Å². The minimum atomic E-state index is -0.445. The smallest absolute Gasteiger partial charge is 0.309 e. The van der Waals surface area contributed by atoms with Crippen LogP contribution in [-0.2, 0) is 16.1 Å². The molecule has 0 saturated carbocycles. The number of ketones is 1. The fourth-order valence-corrected chi connectivity index (χ4v) is 3.33.